The summed E-state index contributed by atoms with van der Waals surface area (Å²) in [6, 6.07) is -2.22. The molecule has 0 aromatic heterocycles. The Labute approximate surface area is 190 Å². The number of aliphatic imine (C=N–C) groups is 2. The van der Waals surface area contributed by atoms with Gasteiger partial charge in [0.1, 0.15) is 11.2 Å². The number of sulfone groups is 1. The largest absolute Gasteiger partial charge is 0.409 e. The van der Waals surface area contributed by atoms with E-state index in [1.165, 1.54) is 31.2 Å². The first-order chi connectivity index (χ1) is 14.6. The van der Waals surface area contributed by atoms with Gasteiger partial charge in [-0.25, -0.2) is 13.4 Å². The number of amides is 1. The predicted octanol–water partition coefficient (Wildman–Crippen LogP) is 3.84. The van der Waals surface area contributed by atoms with Crippen LogP contribution in [0.5, 0.6) is 0 Å². The first kappa shape index (κ1) is 27.4. The van der Waals surface area contributed by atoms with Gasteiger partial charge < -0.3 is 5.32 Å². The Kier molecular flexibility index (Phi) is 9.22. The third kappa shape index (κ3) is 7.20. The molecule has 0 aromatic carbocycles. The van der Waals surface area contributed by atoms with Crippen LogP contribution in [0.2, 0.25) is 0 Å². The van der Waals surface area contributed by atoms with Gasteiger partial charge in [-0.15, -0.1) is 0 Å². The van der Waals surface area contributed by atoms with Crippen LogP contribution in [0.25, 0.3) is 0 Å². The number of rotatable bonds is 7. The summed E-state index contributed by atoms with van der Waals surface area (Å²) in [5.41, 5.74) is 0.400. The third-order valence-corrected chi connectivity index (χ3v) is 5.47. The van der Waals surface area contributed by atoms with Crippen LogP contribution in [-0.4, -0.2) is 55.9 Å². The van der Waals surface area contributed by atoms with Gasteiger partial charge in [0.15, 0.2) is 21.5 Å². The predicted molar refractivity (Wildman–Crippen MR) is 121 cm³/mol. The van der Waals surface area contributed by atoms with Gasteiger partial charge in [-0.1, -0.05) is 43.0 Å². The quantitative estimate of drug-likeness (QED) is 0.432. The fourth-order valence-electron chi connectivity index (χ4n) is 2.49. The van der Waals surface area contributed by atoms with Gasteiger partial charge in [0, 0.05) is 6.26 Å². The molecule has 1 rings (SSSR count). The SMILES string of the molecule is C=C(/C=C\C(=C/C)S(C)(=O)=O)CN=C1NC(=C/C)/C(=N\C(=C)Cl)N(C(C)C(F)(F)F)C1=O. The molecule has 1 atom stereocenters. The minimum Gasteiger partial charge on any atom is -0.333 e. The summed E-state index contributed by atoms with van der Waals surface area (Å²) in [6.07, 6.45) is 1.83. The molecule has 0 spiro atoms. The Morgan fingerprint density at radius 2 is 1.88 bits per heavy atom. The maximum atomic E-state index is 13.4. The van der Waals surface area contributed by atoms with Crippen molar-refractivity contribution >= 4 is 39.0 Å². The maximum Gasteiger partial charge on any atom is 0.409 e. The summed E-state index contributed by atoms with van der Waals surface area (Å²) in [6.45, 7) is 10.8. The van der Waals surface area contributed by atoms with Crippen LogP contribution in [0.15, 0.2) is 68.8 Å². The van der Waals surface area contributed by atoms with Crippen LogP contribution in [0.3, 0.4) is 0 Å². The molecule has 0 radical (unpaired) electrons. The molecule has 12 heteroatoms. The average Bonchev–Trinajstić information content (AvgIpc) is 2.65. The van der Waals surface area contributed by atoms with Gasteiger partial charge in [0.05, 0.1) is 17.1 Å². The topological polar surface area (TPSA) is 91.2 Å². The molecule has 0 bridgehead atoms. The number of amidine groups is 2. The standard InChI is InChI=1S/C20H24ClF3N4O3S/c1-7-15(32(6,30)31)10-9-12(3)11-25-17-19(29)28(13(4)20(22,23)24)18(26-14(5)21)16(8-2)27-17/h7-10,13H,3,5,11H2,1-2,4,6H3,(H,25,27)/b10-9-,15-7+,16-8+,26-18+. The van der Waals surface area contributed by atoms with Crippen molar-refractivity contribution in [1.82, 2.24) is 10.2 Å². The number of carbonyl (C=O) groups is 1. The van der Waals surface area contributed by atoms with Gasteiger partial charge in [-0.05, 0) is 32.4 Å². The molecule has 1 saturated heterocycles. The van der Waals surface area contributed by atoms with E-state index >= 15 is 0 Å². The van der Waals surface area contributed by atoms with Crippen LogP contribution in [0.1, 0.15) is 20.8 Å². The molecule has 32 heavy (non-hydrogen) atoms. The highest BCUT2D eigenvalue weighted by atomic mass is 35.5. The van der Waals surface area contributed by atoms with Gasteiger partial charge in [-0.3, -0.25) is 14.7 Å². The molecule has 176 valence electrons. The molecule has 0 aromatic rings. The highest BCUT2D eigenvalue weighted by molar-refractivity contribution is 7.94. The number of carbonyl (C=O) groups excluding carboxylic acids is 1. The highest BCUT2D eigenvalue weighted by Crippen LogP contribution is 2.28. The molecule has 1 aliphatic heterocycles. The van der Waals surface area contributed by atoms with Crippen molar-refractivity contribution in [3.8, 4) is 0 Å². The lowest BCUT2D eigenvalue weighted by Crippen LogP contribution is -2.60. The lowest BCUT2D eigenvalue weighted by molar-refractivity contribution is -0.173. The number of alkyl halides is 3. The van der Waals surface area contributed by atoms with Gasteiger partial charge in [0.25, 0.3) is 5.91 Å². The minimum atomic E-state index is -4.74. The van der Waals surface area contributed by atoms with E-state index in [4.69, 9.17) is 11.6 Å². The highest BCUT2D eigenvalue weighted by Gasteiger charge is 2.47. The molecule has 1 N–H and O–H groups in total. The summed E-state index contributed by atoms with van der Waals surface area (Å²) in [7, 11) is -3.43. The van der Waals surface area contributed by atoms with Crippen LogP contribution in [-0.2, 0) is 14.6 Å². The Hall–Kier alpha value is -2.66. The normalized spacial score (nSPS) is 20.9. The molecular weight excluding hydrogens is 469 g/mol. The number of piperazine rings is 1. The number of nitrogens with zero attached hydrogens (tertiary/aromatic N) is 3. The zero-order valence-electron chi connectivity index (χ0n) is 18.0. The van der Waals surface area contributed by atoms with Crippen molar-refractivity contribution in [2.24, 2.45) is 9.98 Å². The van der Waals surface area contributed by atoms with Crippen molar-refractivity contribution in [3.05, 3.63) is 58.8 Å². The number of hydrogen-bond donors (Lipinski definition) is 1. The summed E-state index contributed by atoms with van der Waals surface area (Å²) >= 11 is 5.66. The second kappa shape index (κ2) is 10.8. The van der Waals surface area contributed by atoms with E-state index in [2.05, 4.69) is 28.5 Å². The monoisotopic (exact) mass is 492 g/mol. The second-order valence-electron chi connectivity index (χ2n) is 6.65. The van der Waals surface area contributed by atoms with Crippen LogP contribution in [0, 0.1) is 0 Å². The van der Waals surface area contributed by atoms with Crippen molar-refractivity contribution < 1.29 is 26.4 Å². The molecule has 0 aliphatic carbocycles. The van der Waals surface area contributed by atoms with Crippen molar-refractivity contribution in [2.45, 2.75) is 33.0 Å². The maximum absolute atomic E-state index is 13.4. The van der Waals surface area contributed by atoms with E-state index in [1.807, 2.05) is 0 Å². The number of nitrogens with one attached hydrogen (secondary N) is 1. The Bertz CT molecular complexity index is 1050. The molecular formula is C20H24ClF3N4O3S. The van der Waals surface area contributed by atoms with Crippen molar-refractivity contribution in [1.29, 1.82) is 0 Å². The van der Waals surface area contributed by atoms with E-state index in [0.717, 1.165) is 13.2 Å². The van der Waals surface area contributed by atoms with E-state index in [-0.39, 0.29) is 34.0 Å². The Morgan fingerprint density at radius 1 is 1.28 bits per heavy atom. The van der Waals surface area contributed by atoms with Crippen LogP contribution >= 0.6 is 11.6 Å². The van der Waals surface area contributed by atoms with Gasteiger partial charge in [-0.2, -0.15) is 13.2 Å². The number of hydrogen-bond acceptors (Lipinski definition) is 5. The Balaban J connectivity index is 3.30. The summed E-state index contributed by atoms with van der Waals surface area (Å²) < 4.78 is 63.5. The van der Waals surface area contributed by atoms with Gasteiger partial charge in [0.2, 0.25) is 0 Å². The lowest BCUT2D eigenvalue weighted by atomic mass is 10.1. The Morgan fingerprint density at radius 3 is 2.31 bits per heavy atom. The fourth-order valence-corrected chi connectivity index (χ4v) is 3.31. The molecule has 0 saturated carbocycles. The molecule has 1 aliphatic rings. The summed E-state index contributed by atoms with van der Waals surface area (Å²) in [5, 5.41) is 2.34. The van der Waals surface area contributed by atoms with E-state index in [1.54, 1.807) is 6.92 Å². The second-order valence-corrected chi connectivity index (χ2v) is 9.10. The van der Waals surface area contributed by atoms with Gasteiger partial charge >= 0.3 is 6.18 Å². The summed E-state index contributed by atoms with van der Waals surface area (Å²) in [4.78, 5) is 21.2. The molecule has 1 heterocycles. The number of halogens is 4. The third-order valence-electron chi connectivity index (χ3n) is 4.16. The fraction of sp³-hybridized carbons (Fsp3) is 0.350. The molecule has 1 fully saturated rings. The molecule has 1 amide bonds. The first-order valence-corrected chi connectivity index (χ1v) is 11.4. The zero-order valence-corrected chi connectivity index (χ0v) is 19.6. The van der Waals surface area contributed by atoms with Crippen molar-refractivity contribution in [2.75, 3.05) is 12.8 Å². The van der Waals surface area contributed by atoms with E-state index in [9.17, 15) is 26.4 Å². The average molecular weight is 493 g/mol. The molecule has 1 unspecified atom stereocenters. The minimum absolute atomic E-state index is 0.0571. The molecule has 7 nitrogen and oxygen atoms in total. The van der Waals surface area contributed by atoms with E-state index < -0.39 is 28.0 Å². The first-order valence-electron chi connectivity index (χ1n) is 9.17. The van der Waals surface area contributed by atoms with Crippen LogP contribution < -0.4 is 5.32 Å². The van der Waals surface area contributed by atoms with E-state index in [0.29, 0.717) is 10.5 Å². The van der Waals surface area contributed by atoms with Crippen molar-refractivity contribution in [3.63, 3.8) is 0 Å². The number of allylic oxidation sites excluding steroid dienone is 3. The smallest absolute Gasteiger partial charge is 0.333 e. The van der Waals surface area contributed by atoms with Crippen LogP contribution in [0.4, 0.5) is 13.2 Å². The lowest BCUT2D eigenvalue weighted by Gasteiger charge is -2.36. The summed E-state index contributed by atoms with van der Waals surface area (Å²) in [5.74, 6) is -1.78. The zero-order chi connectivity index (χ0) is 24.9.